The van der Waals surface area contributed by atoms with Gasteiger partial charge in [-0.25, -0.2) is 13.2 Å². The Labute approximate surface area is 212 Å². The predicted molar refractivity (Wildman–Crippen MR) is 135 cm³/mol. The van der Waals surface area contributed by atoms with Gasteiger partial charge >= 0.3 is 0 Å². The summed E-state index contributed by atoms with van der Waals surface area (Å²) in [5.41, 5.74) is 7.49. The average Bonchev–Trinajstić information content (AvgIpc) is 3.51. The molecule has 0 saturated carbocycles. The number of rotatable bonds is 8. The van der Waals surface area contributed by atoms with Crippen LogP contribution in [0.5, 0.6) is 0 Å². The van der Waals surface area contributed by atoms with Gasteiger partial charge in [-0.05, 0) is 37.4 Å². The molecule has 190 valence electrons. The molecule has 3 aromatic rings. The van der Waals surface area contributed by atoms with E-state index < -0.39 is 17.5 Å². The van der Waals surface area contributed by atoms with Crippen molar-refractivity contribution >= 4 is 23.1 Å². The fourth-order valence-electron chi connectivity index (χ4n) is 5.18. The molecular formula is C25H28F3N7S. The topological polar surface area (TPSA) is 76.1 Å². The number of pyridine rings is 1. The summed E-state index contributed by atoms with van der Waals surface area (Å²) in [5, 5.41) is 9.45. The second-order valence-electron chi connectivity index (χ2n) is 9.31. The van der Waals surface area contributed by atoms with Crippen molar-refractivity contribution in [1.82, 2.24) is 24.6 Å². The third-order valence-corrected chi connectivity index (χ3v) is 8.03. The van der Waals surface area contributed by atoms with Gasteiger partial charge in [-0.15, -0.1) is 10.2 Å². The maximum absolute atomic E-state index is 14.4. The van der Waals surface area contributed by atoms with E-state index in [1.807, 2.05) is 23.7 Å². The van der Waals surface area contributed by atoms with Crippen molar-refractivity contribution in [3.8, 4) is 11.4 Å². The van der Waals surface area contributed by atoms with Gasteiger partial charge in [-0.1, -0.05) is 18.3 Å². The predicted octanol–water partition coefficient (Wildman–Crippen LogP) is 3.92. The largest absolute Gasteiger partial charge is 0.397 e. The smallest absolute Gasteiger partial charge is 0.191 e. The molecule has 2 aliphatic heterocycles. The first-order chi connectivity index (χ1) is 17.3. The highest BCUT2D eigenvalue weighted by atomic mass is 32.2. The molecule has 2 saturated heterocycles. The lowest BCUT2D eigenvalue weighted by molar-refractivity contribution is 0.318. The Balaban J connectivity index is 1.13. The molecule has 2 unspecified atom stereocenters. The molecule has 2 atom stereocenters. The number of nitrogens with two attached hydrogens (primary N) is 1. The number of thioether (sulfide) groups is 1. The van der Waals surface area contributed by atoms with Crippen LogP contribution in [0.4, 0.5) is 18.9 Å². The molecule has 2 fully saturated rings. The summed E-state index contributed by atoms with van der Waals surface area (Å²) in [6.45, 7) is 6.83. The first-order valence-corrected chi connectivity index (χ1v) is 12.9. The van der Waals surface area contributed by atoms with Crippen molar-refractivity contribution in [2.45, 2.75) is 24.0 Å². The highest BCUT2D eigenvalue weighted by Crippen LogP contribution is 2.38. The zero-order valence-electron chi connectivity index (χ0n) is 20.0. The number of benzene rings is 1. The van der Waals surface area contributed by atoms with Crippen LogP contribution in [0.2, 0.25) is 0 Å². The van der Waals surface area contributed by atoms with E-state index in [2.05, 4.69) is 26.7 Å². The number of hydrogen-bond acceptors (Lipinski definition) is 7. The normalized spacial score (nSPS) is 19.7. The summed E-state index contributed by atoms with van der Waals surface area (Å²) in [6, 6.07) is 5.28. The van der Waals surface area contributed by atoms with E-state index in [-0.39, 0.29) is 11.7 Å². The van der Waals surface area contributed by atoms with E-state index in [4.69, 9.17) is 5.73 Å². The maximum Gasteiger partial charge on any atom is 0.191 e. The molecule has 2 N–H and O–H groups in total. The molecule has 0 amide bonds. The van der Waals surface area contributed by atoms with Gasteiger partial charge in [0.1, 0.15) is 11.5 Å². The number of fused-ring (bicyclic) bond motifs is 1. The number of nitrogens with zero attached hydrogens (tertiary/aromatic N) is 6. The zero-order valence-corrected chi connectivity index (χ0v) is 20.8. The Hall–Kier alpha value is -3.05. The van der Waals surface area contributed by atoms with Crippen molar-refractivity contribution in [3.05, 3.63) is 60.2 Å². The Bertz CT molecular complexity index is 1240. The van der Waals surface area contributed by atoms with Crippen molar-refractivity contribution in [1.29, 1.82) is 0 Å². The average molecular weight is 516 g/mol. The van der Waals surface area contributed by atoms with Gasteiger partial charge in [-0.2, -0.15) is 0 Å². The summed E-state index contributed by atoms with van der Waals surface area (Å²) in [5.74, 6) is -0.596. The van der Waals surface area contributed by atoms with Crippen LogP contribution in [-0.4, -0.2) is 62.6 Å². The molecule has 0 radical (unpaired) electrons. The minimum absolute atomic E-state index is 0.0462. The number of likely N-dealkylation sites (tertiary alicyclic amines) is 1. The van der Waals surface area contributed by atoms with Crippen LogP contribution in [-0.2, 0) is 7.05 Å². The third-order valence-electron chi connectivity index (χ3n) is 6.93. The van der Waals surface area contributed by atoms with Crippen LogP contribution in [0.3, 0.4) is 0 Å². The fourth-order valence-corrected chi connectivity index (χ4v) is 6.01. The lowest BCUT2D eigenvalue weighted by atomic mass is 10.0. The van der Waals surface area contributed by atoms with Crippen LogP contribution in [0.15, 0.2) is 42.2 Å². The maximum atomic E-state index is 14.4. The van der Waals surface area contributed by atoms with Crippen molar-refractivity contribution in [3.63, 3.8) is 0 Å². The van der Waals surface area contributed by atoms with Crippen LogP contribution in [0, 0.1) is 23.4 Å². The van der Waals surface area contributed by atoms with Gasteiger partial charge in [0.25, 0.3) is 0 Å². The first kappa shape index (κ1) is 24.6. The molecule has 2 aromatic heterocycles. The molecule has 1 aromatic carbocycles. The monoisotopic (exact) mass is 515 g/mol. The van der Waals surface area contributed by atoms with Gasteiger partial charge in [0.15, 0.2) is 22.6 Å². The first-order valence-electron chi connectivity index (χ1n) is 11.9. The Morgan fingerprint density at radius 3 is 2.64 bits per heavy atom. The second-order valence-corrected chi connectivity index (χ2v) is 10.4. The Kier molecular flexibility index (Phi) is 6.94. The molecule has 36 heavy (non-hydrogen) atoms. The third kappa shape index (κ3) is 4.81. The van der Waals surface area contributed by atoms with Crippen LogP contribution < -0.4 is 10.6 Å². The van der Waals surface area contributed by atoms with E-state index in [0.717, 1.165) is 66.9 Å². The van der Waals surface area contributed by atoms with Gasteiger partial charge in [0.2, 0.25) is 0 Å². The van der Waals surface area contributed by atoms with E-state index in [1.165, 1.54) is 0 Å². The highest BCUT2D eigenvalue weighted by Gasteiger charge is 2.42. The number of aromatic nitrogens is 4. The standard InChI is InChI=1S/C25H28F3N7S/c1-15(29)21-5-4-16(12-30-21)24-31-32-25(33(24)2)36-9-3-7-34-13-17-6-8-35(22(17)14-34)23-19(27)10-18(26)11-20(23)28/h4-5,10-12,17,22H,1,3,6-9,13-14,29H2,2H3. The summed E-state index contributed by atoms with van der Waals surface area (Å²) in [7, 11) is 1.93. The zero-order chi connectivity index (χ0) is 25.4. The van der Waals surface area contributed by atoms with Gasteiger partial charge in [0.05, 0.1) is 11.4 Å². The molecule has 2 aliphatic rings. The summed E-state index contributed by atoms with van der Waals surface area (Å²) in [4.78, 5) is 8.44. The molecule has 4 heterocycles. The van der Waals surface area contributed by atoms with E-state index in [9.17, 15) is 13.2 Å². The van der Waals surface area contributed by atoms with Crippen LogP contribution in [0.25, 0.3) is 17.1 Å². The quantitative estimate of drug-likeness (QED) is 0.360. The molecule has 11 heteroatoms. The Morgan fingerprint density at radius 1 is 1.17 bits per heavy atom. The van der Waals surface area contributed by atoms with Crippen molar-refractivity contribution in [2.24, 2.45) is 18.7 Å². The van der Waals surface area contributed by atoms with Gasteiger partial charge in [-0.3, -0.25) is 4.98 Å². The lowest BCUT2D eigenvalue weighted by Crippen LogP contribution is -2.36. The number of hydrogen-bond donors (Lipinski definition) is 1. The van der Waals surface area contributed by atoms with Crippen LogP contribution in [0.1, 0.15) is 18.5 Å². The van der Waals surface area contributed by atoms with Crippen molar-refractivity contribution in [2.75, 3.05) is 36.8 Å². The molecule has 0 bridgehead atoms. The van der Waals surface area contributed by atoms with Gasteiger partial charge < -0.3 is 20.1 Å². The minimum Gasteiger partial charge on any atom is -0.397 e. The minimum atomic E-state index is -0.891. The molecule has 0 spiro atoms. The van der Waals surface area contributed by atoms with Crippen LogP contribution >= 0.6 is 11.8 Å². The summed E-state index contributed by atoms with van der Waals surface area (Å²) < 4.78 is 44.0. The van der Waals surface area contributed by atoms with Crippen molar-refractivity contribution < 1.29 is 13.2 Å². The SMILES string of the molecule is C=C(N)c1ccc(-c2nnc(SCCCN3CC4CCN(c5c(F)cc(F)cc5F)C4C3)n2C)cn1. The summed E-state index contributed by atoms with van der Waals surface area (Å²) >= 11 is 1.64. The molecule has 7 nitrogen and oxygen atoms in total. The molecular weight excluding hydrogens is 487 g/mol. The summed E-state index contributed by atoms with van der Waals surface area (Å²) in [6.07, 6.45) is 3.53. The Morgan fingerprint density at radius 2 is 1.94 bits per heavy atom. The van der Waals surface area contributed by atoms with E-state index >= 15 is 0 Å². The second kappa shape index (κ2) is 10.1. The van der Waals surface area contributed by atoms with E-state index in [0.29, 0.717) is 23.9 Å². The molecule has 0 aliphatic carbocycles. The number of halogens is 3. The molecule has 5 rings (SSSR count). The number of anilines is 1. The highest BCUT2D eigenvalue weighted by molar-refractivity contribution is 7.99. The van der Waals surface area contributed by atoms with E-state index in [1.54, 1.807) is 22.9 Å². The van der Waals surface area contributed by atoms with Gasteiger partial charge in [0, 0.05) is 62.4 Å². The fraction of sp³-hybridized carbons (Fsp3) is 0.400. The lowest BCUT2D eigenvalue weighted by Gasteiger charge is -2.27.